The zero-order valence-corrected chi connectivity index (χ0v) is 9.74. The summed E-state index contributed by atoms with van der Waals surface area (Å²) in [6.07, 6.45) is 5.01. The van der Waals surface area contributed by atoms with E-state index in [0.717, 1.165) is 12.2 Å². The van der Waals surface area contributed by atoms with Crippen LogP contribution in [0, 0.1) is 0 Å². The Labute approximate surface area is 100 Å². The molecule has 0 aliphatic carbocycles. The van der Waals surface area contributed by atoms with Crippen LogP contribution >= 0.6 is 0 Å². The fourth-order valence-corrected chi connectivity index (χ4v) is 1.51. The van der Waals surface area contributed by atoms with Gasteiger partial charge in [-0.3, -0.25) is 4.98 Å². The molecule has 17 heavy (non-hydrogen) atoms. The maximum atomic E-state index is 5.56. The molecule has 0 saturated heterocycles. The molecule has 0 aliphatic heterocycles. The van der Waals surface area contributed by atoms with Crippen molar-refractivity contribution in [3.05, 3.63) is 42.5 Å². The lowest BCUT2D eigenvalue weighted by molar-refractivity contribution is 0.775. The molecular formula is C12H15N5. The second kappa shape index (κ2) is 5.25. The first-order chi connectivity index (χ1) is 8.29. The molecule has 0 unspecified atom stereocenters. The van der Waals surface area contributed by atoms with Crippen LogP contribution in [-0.2, 0) is 6.54 Å². The Hall–Kier alpha value is -2.17. The number of hydrogen-bond acceptors (Lipinski definition) is 5. The zero-order chi connectivity index (χ0) is 12.1. The van der Waals surface area contributed by atoms with Crippen LogP contribution in [0.5, 0.6) is 0 Å². The van der Waals surface area contributed by atoms with Crippen molar-refractivity contribution in [2.75, 3.05) is 17.2 Å². The van der Waals surface area contributed by atoms with Gasteiger partial charge >= 0.3 is 0 Å². The molecule has 5 nitrogen and oxygen atoms in total. The molecule has 2 rings (SSSR count). The lowest BCUT2D eigenvalue weighted by Crippen LogP contribution is -2.24. The van der Waals surface area contributed by atoms with E-state index in [4.69, 9.17) is 5.73 Å². The summed E-state index contributed by atoms with van der Waals surface area (Å²) in [6, 6.07) is 5.86. The summed E-state index contributed by atoms with van der Waals surface area (Å²) >= 11 is 0. The molecule has 0 radical (unpaired) electrons. The lowest BCUT2D eigenvalue weighted by atomic mass is 10.3. The van der Waals surface area contributed by atoms with Gasteiger partial charge < -0.3 is 10.6 Å². The van der Waals surface area contributed by atoms with E-state index in [9.17, 15) is 0 Å². The van der Waals surface area contributed by atoms with Gasteiger partial charge in [-0.05, 0) is 19.1 Å². The van der Waals surface area contributed by atoms with Gasteiger partial charge in [0.15, 0.2) is 0 Å². The molecule has 2 aromatic heterocycles. The van der Waals surface area contributed by atoms with E-state index < -0.39 is 0 Å². The van der Waals surface area contributed by atoms with Crippen LogP contribution in [0.1, 0.15) is 12.6 Å². The van der Waals surface area contributed by atoms with Gasteiger partial charge in [0, 0.05) is 12.7 Å². The Morgan fingerprint density at radius 1 is 1.18 bits per heavy atom. The van der Waals surface area contributed by atoms with E-state index in [1.54, 1.807) is 18.6 Å². The third kappa shape index (κ3) is 2.90. The summed E-state index contributed by atoms with van der Waals surface area (Å²) < 4.78 is 0. The number of rotatable bonds is 4. The predicted molar refractivity (Wildman–Crippen MR) is 67.4 cm³/mol. The first kappa shape index (κ1) is 11.3. The average molecular weight is 229 g/mol. The van der Waals surface area contributed by atoms with Crippen LogP contribution in [0.2, 0.25) is 0 Å². The van der Waals surface area contributed by atoms with Crippen molar-refractivity contribution >= 4 is 11.6 Å². The molecule has 0 bridgehead atoms. The largest absolute Gasteiger partial charge is 0.396 e. The Bertz CT molecular complexity index is 454. The summed E-state index contributed by atoms with van der Waals surface area (Å²) in [7, 11) is 0. The van der Waals surface area contributed by atoms with E-state index in [1.165, 1.54) is 0 Å². The van der Waals surface area contributed by atoms with Crippen LogP contribution in [0.4, 0.5) is 11.6 Å². The van der Waals surface area contributed by atoms with Crippen molar-refractivity contribution in [1.82, 2.24) is 15.0 Å². The third-order valence-electron chi connectivity index (χ3n) is 2.40. The van der Waals surface area contributed by atoms with Crippen LogP contribution < -0.4 is 10.6 Å². The number of pyridine rings is 1. The van der Waals surface area contributed by atoms with Gasteiger partial charge in [0.2, 0.25) is 5.95 Å². The SMILES string of the molecule is CCN(Cc1ccccn1)c1ncc(N)cn1. The van der Waals surface area contributed by atoms with Gasteiger partial charge in [0.25, 0.3) is 0 Å². The molecule has 0 fully saturated rings. The highest BCUT2D eigenvalue weighted by molar-refractivity contribution is 5.38. The Balaban J connectivity index is 2.14. The summed E-state index contributed by atoms with van der Waals surface area (Å²) in [4.78, 5) is 14.7. The number of nitrogens with zero attached hydrogens (tertiary/aromatic N) is 4. The van der Waals surface area contributed by atoms with E-state index in [-0.39, 0.29) is 0 Å². The minimum Gasteiger partial charge on any atom is -0.396 e. The quantitative estimate of drug-likeness (QED) is 0.860. The highest BCUT2D eigenvalue weighted by Crippen LogP contribution is 2.10. The second-order valence-electron chi connectivity index (χ2n) is 3.65. The molecule has 2 N–H and O–H groups in total. The molecule has 5 heteroatoms. The predicted octanol–water partition coefficient (Wildman–Crippen LogP) is 1.48. The van der Waals surface area contributed by atoms with Crippen molar-refractivity contribution in [1.29, 1.82) is 0 Å². The molecule has 0 aromatic carbocycles. The highest BCUT2D eigenvalue weighted by Gasteiger charge is 2.08. The second-order valence-corrected chi connectivity index (χ2v) is 3.65. The minimum atomic E-state index is 0.572. The van der Waals surface area contributed by atoms with Crippen molar-refractivity contribution in [3.8, 4) is 0 Å². The fraction of sp³-hybridized carbons (Fsp3) is 0.250. The lowest BCUT2D eigenvalue weighted by Gasteiger charge is -2.19. The molecule has 0 aliphatic rings. The van der Waals surface area contributed by atoms with Crippen LogP contribution in [0.3, 0.4) is 0 Å². The number of hydrogen-bond donors (Lipinski definition) is 1. The van der Waals surface area contributed by atoms with Gasteiger partial charge in [-0.25, -0.2) is 9.97 Å². The van der Waals surface area contributed by atoms with E-state index in [2.05, 4.69) is 21.9 Å². The minimum absolute atomic E-state index is 0.572. The highest BCUT2D eigenvalue weighted by atomic mass is 15.2. The van der Waals surface area contributed by atoms with Gasteiger partial charge in [-0.1, -0.05) is 6.07 Å². The van der Waals surface area contributed by atoms with E-state index in [0.29, 0.717) is 18.2 Å². The molecule has 0 amide bonds. The van der Waals surface area contributed by atoms with Gasteiger partial charge in [-0.15, -0.1) is 0 Å². The van der Waals surface area contributed by atoms with E-state index >= 15 is 0 Å². The molecule has 2 aromatic rings. The Morgan fingerprint density at radius 3 is 2.53 bits per heavy atom. The maximum absolute atomic E-state index is 5.56. The topological polar surface area (TPSA) is 67.9 Å². The summed E-state index contributed by atoms with van der Waals surface area (Å²) in [5.41, 5.74) is 7.13. The van der Waals surface area contributed by atoms with Crippen LogP contribution in [-0.4, -0.2) is 21.5 Å². The summed E-state index contributed by atoms with van der Waals surface area (Å²) in [5.74, 6) is 0.673. The molecule has 2 heterocycles. The average Bonchev–Trinajstić information content (AvgIpc) is 2.38. The molecule has 0 saturated carbocycles. The fourth-order valence-electron chi connectivity index (χ4n) is 1.51. The van der Waals surface area contributed by atoms with Crippen molar-refractivity contribution in [3.63, 3.8) is 0 Å². The van der Waals surface area contributed by atoms with Crippen molar-refractivity contribution in [2.24, 2.45) is 0 Å². The van der Waals surface area contributed by atoms with E-state index in [1.807, 2.05) is 23.1 Å². The summed E-state index contributed by atoms with van der Waals surface area (Å²) in [5, 5.41) is 0. The Morgan fingerprint density at radius 2 is 1.94 bits per heavy atom. The number of nitrogen functional groups attached to an aromatic ring is 1. The normalized spacial score (nSPS) is 10.2. The summed E-state index contributed by atoms with van der Waals surface area (Å²) in [6.45, 7) is 3.57. The number of aromatic nitrogens is 3. The standard InChI is InChI=1S/C12H15N5/c1-2-17(9-11-5-3-4-6-14-11)12-15-7-10(13)8-16-12/h3-8H,2,9,13H2,1H3. The van der Waals surface area contributed by atoms with Gasteiger partial charge in [0.05, 0.1) is 30.3 Å². The number of anilines is 2. The van der Waals surface area contributed by atoms with Gasteiger partial charge in [0.1, 0.15) is 0 Å². The smallest absolute Gasteiger partial charge is 0.225 e. The first-order valence-corrected chi connectivity index (χ1v) is 5.52. The Kier molecular flexibility index (Phi) is 3.49. The van der Waals surface area contributed by atoms with Crippen LogP contribution in [0.25, 0.3) is 0 Å². The molecular weight excluding hydrogens is 214 g/mol. The number of nitrogens with two attached hydrogens (primary N) is 1. The molecule has 0 spiro atoms. The van der Waals surface area contributed by atoms with Crippen molar-refractivity contribution in [2.45, 2.75) is 13.5 Å². The zero-order valence-electron chi connectivity index (χ0n) is 9.74. The molecule has 0 atom stereocenters. The third-order valence-corrected chi connectivity index (χ3v) is 2.40. The maximum Gasteiger partial charge on any atom is 0.225 e. The van der Waals surface area contributed by atoms with Crippen LogP contribution in [0.15, 0.2) is 36.8 Å². The van der Waals surface area contributed by atoms with Gasteiger partial charge in [-0.2, -0.15) is 0 Å². The monoisotopic (exact) mass is 229 g/mol. The first-order valence-electron chi connectivity index (χ1n) is 5.52. The van der Waals surface area contributed by atoms with Crippen molar-refractivity contribution < 1.29 is 0 Å². The molecule has 88 valence electrons.